The van der Waals surface area contributed by atoms with E-state index in [2.05, 4.69) is 28.6 Å². The van der Waals surface area contributed by atoms with Crippen molar-refractivity contribution in [2.75, 3.05) is 13.6 Å². The SMILES string of the molecule is C/C=C1\N=C(OCc2cc(F)c(F)cc2F)C=C2N1CC(C)(C)N2C. The molecule has 1 aromatic rings. The molecule has 2 aliphatic heterocycles. The Bertz CT molecular complexity index is 799. The molecule has 0 unspecified atom stereocenters. The van der Waals surface area contributed by atoms with Crippen LogP contribution in [0.1, 0.15) is 26.3 Å². The molecule has 1 aromatic carbocycles. The number of aliphatic imine (C=N–C) groups is 1. The van der Waals surface area contributed by atoms with E-state index in [1.165, 1.54) is 0 Å². The lowest BCUT2D eigenvalue weighted by molar-refractivity contribution is 0.261. The number of fused-ring (bicyclic) bond motifs is 1. The Labute approximate surface area is 144 Å². The molecule has 0 bridgehead atoms. The second-order valence-corrected chi connectivity index (χ2v) is 6.70. The summed E-state index contributed by atoms with van der Waals surface area (Å²) in [5.74, 6) is -1.23. The third-order valence-corrected chi connectivity index (χ3v) is 4.55. The van der Waals surface area contributed by atoms with Gasteiger partial charge in [0.15, 0.2) is 11.6 Å². The van der Waals surface area contributed by atoms with Crippen molar-refractivity contribution in [2.45, 2.75) is 32.9 Å². The van der Waals surface area contributed by atoms with Crippen LogP contribution in [0.3, 0.4) is 0 Å². The fourth-order valence-electron chi connectivity index (χ4n) is 2.87. The average molecular weight is 351 g/mol. The molecular formula is C18H20F3N3O. The van der Waals surface area contributed by atoms with Crippen LogP contribution in [0.4, 0.5) is 13.2 Å². The fourth-order valence-corrected chi connectivity index (χ4v) is 2.87. The number of nitrogens with zero attached hydrogens (tertiary/aromatic N) is 3. The van der Waals surface area contributed by atoms with Crippen molar-refractivity contribution >= 4 is 5.90 Å². The van der Waals surface area contributed by atoms with Gasteiger partial charge in [-0.1, -0.05) is 0 Å². The molecule has 0 radical (unpaired) electrons. The van der Waals surface area contributed by atoms with Gasteiger partial charge in [-0.2, -0.15) is 4.99 Å². The van der Waals surface area contributed by atoms with E-state index >= 15 is 0 Å². The zero-order chi connectivity index (χ0) is 18.4. The molecule has 0 atom stereocenters. The number of likely N-dealkylation sites (N-methyl/N-ethyl adjacent to an activating group) is 1. The highest BCUT2D eigenvalue weighted by molar-refractivity contribution is 5.90. The summed E-state index contributed by atoms with van der Waals surface area (Å²) in [6, 6.07) is 1.32. The van der Waals surface area contributed by atoms with E-state index in [1.54, 1.807) is 6.08 Å². The second-order valence-electron chi connectivity index (χ2n) is 6.70. The Morgan fingerprint density at radius 2 is 1.88 bits per heavy atom. The zero-order valence-corrected chi connectivity index (χ0v) is 14.6. The van der Waals surface area contributed by atoms with Gasteiger partial charge in [-0.25, -0.2) is 13.2 Å². The van der Waals surface area contributed by atoms with Crippen LogP contribution < -0.4 is 0 Å². The van der Waals surface area contributed by atoms with Gasteiger partial charge in [-0.15, -0.1) is 0 Å². The Balaban J connectivity index is 1.83. The van der Waals surface area contributed by atoms with E-state index in [-0.39, 0.29) is 17.7 Å². The van der Waals surface area contributed by atoms with Crippen molar-refractivity contribution in [3.05, 3.63) is 58.9 Å². The Kier molecular flexibility index (Phi) is 4.26. The minimum absolute atomic E-state index is 0.0652. The summed E-state index contributed by atoms with van der Waals surface area (Å²) in [5, 5.41) is 0. The van der Waals surface area contributed by atoms with E-state index < -0.39 is 17.5 Å². The monoisotopic (exact) mass is 351 g/mol. The summed E-state index contributed by atoms with van der Waals surface area (Å²) in [6.45, 7) is 6.66. The van der Waals surface area contributed by atoms with Gasteiger partial charge in [0.1, 0.15) is 24.1 Å². The van der Waals surface area contributed by atoms with Crippen LogP contribution in [0, 0.1) is 17.5 Å². The van der Waals surface area contributed by atoms with Crippen LogP contribution in [-0.4, -0.2) is 34.8 Å². The number of halogens is 3. The molecule has 1 saturated heterocycles. The number of allylic oxidation sites excluding steroid dienone is 1. The van der Waals surface area contributed by atoms with Crippen molar-refractivity contribution in [3.63, 3.8) is 0 Å². The van der Waals surface area contributed by atoms with Crippen molar-refractivity contribution in [1.82, 2.24) is 9.80 Å². The van der Waals surface area contributed by atoms with Crippen LogP contribution >= 0.6 is 0 Å². The van der Waals surface area contributed by atoms with Crippen molar-refractivity contribution in [2.24, 2.45) is 4.99 Å². The van der Waals surface area contributed by atoms with Gasteiger partial charge in [0.05, 0.1) is 5.54 Å². The summed E-state index contributed by atoms with van der Waals surface area (Å²) in [5.41, 5.74) is -0.137. The fraction of sp³-hybridized carbons (Fsp3) is 0.389. The molecule has 2 aliphatic rings. The van der Waals surface area contributed by atoms with Crippen molar-refractivity contribution in [3.8, 4) is 0 Å². The van der Waals surface area contributed by atoms with Gasteiger partial charge in [-0.3, -0.25) is 0 Å². The standard InChI is InChI=1S/C18H20F3N3O/c1-5-15-22-16(8-17-23(4)18(2,3)10-24(15)17)25-9-11-6-13(20)14(21)7-12(11)19/h5-8H,9-10H2,1-4H3/b15-5+. The third kappa shape index (κ3) is 3.10. The van der Waals surface area contributed by atoms with Crippen LogP contribution in [0.5, 0.6) is 0 Å². The molecule has 0 aromatic heterocycles. The molecule has 4 nitrogen and oxygen atoms in total. The van der Waals surface area contributed by atoms with Gasteiger partial charge >= 0.3 is 0 Å². The number of benzene rings is 1. The molecule has 0 spiro atoms. The predicted molar refractivity (Wildman–Crippen MR) is 88.9 cm³/mol. The second kappa shape index (κ2) is 6.13. The number of hydrogen-bond acceptors (Lipinski definition) is 4. The lowest BCUT2D eigenvalue weighted by Crippen LogP contribution is -2.36. The van der Waals surface area contributed by atoms with Crippen molar-refractivity contribution < 1.29 is 17.9 Å². The van der Waals surface area contributed by atoms with Gasteiger partial charge in [-0.05, 0) is 32.9 Å². The van der Waals surface area contributed by atoms with Gasteiger partial charge < -0.3 is 14.5 Å². The summed E-state index contributed by atoms with van der Waals surface area (Å²) in [6.07, 6.45) is 3.63. The highest BCUT2D eigenvalue weighted by Crippen LogP contribution is 2.36. The average Bonchev–Trinajstić information content (AvgIpc) is 2.79. The van der Waals surface area contributed by atoms with Crippen LogP contribution in [0.15, 0.2) is 40.9 Å². The van der Waals surface area contributed by atoms with Crippen LogP contribution in [0.25, 0.3) is 0 Å². The molecule has 0 aliphatic carbocycles. The van der Waals surface area contributed by atoms with E-state index in [0.29, 0.717) is 12.0 Å². The van der Waals surface area contributed by atoms with E-state index in [1.807, 2.05) is 20.0 Å². The Morgan fingerprint density at radius 1 is 1.20 bits per heavy atom. The topological polar surface area (TPSA) is 28.1 Å². The predicted octanol–water partition coefficient (Wildman–Crippen LogP) is 3.76. The Hall–Kier alpha value is -2.44. The molecule has 25 heavy (non-hydrogen) atoms. The largest absolute Gasteiger partial charge is 0.473 e. The first-order valence-electron chi connectivity index (χ1n) is 7.97. The summed E-state index contributed by atoms with van der Waals surface area (Å²) in [4.78, 5) is 8.61. The number of hydrogen-bond donors (Lipinski definition) is 0. The highest BCUT2D eigenvalue weighted by atomic mass is 19.2. The third-order valence-electron chi connectivity index (χ3n) is 4.55. The molecule has 7 heteroatoms. The first-order valence-corrected chi connectivity index (χ1v) is 7.97. The van der Waals surface area contributed by atoms with Crippen LogP contribution in [-0.2, 0) is 11.3 Å². The summed E-state index contributed by atoms with van der Waals surface area (Å²) in [7, 11) is 1.98. The first kappa shape index (κ1) is 17.4. The van der Waals surface area contributed by atoms with Gasteiger partial charge in [0.25, 0.3) is 0 Å². The van der Waals surface area contributed by atoms with Crippen LogP contribution in [0.2, 0.25) is 0 Å². The zero-order valence-electron chi connectivity index (χ0n) is 14.6. The minimum atomic E-state index is -1.22. The molecule has 2 heterocycles. The summed E-state index contributed by atoms with van der Waals surface area (Å²) >= 11 is 0. The smallest absolute Gasteiger partial charge is 0.219 e. The number of ether oxygens (including phenoxy) is 1. The maximum atomic E-state index is 13.7. The molecule has 0 N–H and O–H groups in total. The lowest BCUT2D eigenvalue weighted by atomic mass is 10.1. The maximum Gasteiger partial charge on any atom is 0.219 e. The van der Waals surface area contributed by atoms with Gasteiger partial charge in [0.2, 0.25) is 5.90 Å². The molecule has 0 saturated carbocycles. The Morgan fingerprint density at radius 3 is 2.56 bits per heavy atom. The molecular weight excluding hydrogens is 331 g/mol. The van der Waals surface area contributed by atoms with Crippen molar-refractivity contribution in [1.29, 1.82) is 0 Å². The lowest BCUT2D eigenvalue weighted by Gasteiger charge is -2.29. The van der Waals surface area contributed by atoms with E-state index in [4.69, 9.17) is 4.74 Å². The normalized spacial score (nSPS) is 20.5. The van der Waals surface area contributed by atoms with E-state index in [0.717, 1.165) is 24.3 Å². The molecule has 0 amide bonds. The first-order chi connectivity index (χ1) is 11.7. The number of rotatable bonds is 2. The quantitative estimate of drug-likeness (QED) is 0.760. The highest BCUT2D eigenvalue weighted by Gasteiger charge is 2.40. The maximum absolute atomic E-state index is 13.7. The van der Waals surface area contributed by atoms with Gasteiger partial charge in [0, 0.05) is 31.3 Å². The molecule has 1 fully saturated rings. The van der Waals surface area contributed by atoms with E-state index in [9.17, 15) is 13.2 Å². The minimum Gasteiger partial charge on any atom is -0.473 e. The molecule has 3 rings (SSSR count). The summed E-state index contributed by atoms with van der Waals surface area (Å²) < 4.78 is 45.6. The molecule has 134 valence electrons.